The summed E-state index contributed by atoms with van der Waals surface area (Å²) in [6, 6.07) is 25.8. The van der Waals surface area contributed by atoms with Crippen LogP contribution in [0, 0.1) is 0 Å². The van der Waals surface area contributed by atoms with Crippen molar-refractivity contribution in [3.05, 3.63) is 83.9 Å². The van der Waals surface area contributed by atoms with E-state index >= 15 is 0 Å². The lowest BCUT2D eigenvalue weighted by molar-refractivity contribution is 0.414. The molecule has 136 valence electrons. The lowest BCUT2D eigenvalue weighted by Crippen LogP contribution is -2.55. The highest BCUT2D eigenvalue weighted by molar-refractivity contribution is 5.75. The van der Waals surface area contributed by atoms with Crippen molar-refractivity contribution < 1.29 is 4.74 Å². The van der Waals surface area contributed by atoms with Gasteiger partial charge in [-0.2, -0.15) is 0 Å². The molecule has 3 aromatic rings. The summed E-state index contributed by atoms with van der Waals surface area (Å²) < 4.78 is 5.37. The van der Waals surface area contributed by atoms with Crippen molar-refractivity contribution >= 4 is 17.1 Å². The van der Waals surface area contributed by atoms with Crippen molar-refractivity contribution in [1.82, 2.24) is 0 Å². The van der Waals surface area contributed by atoms with Gasteiger partial charge in [0.1, 0.15) is 18.1 Å². The van der Waals surface area contributed by atoms with Crippen LogP contribution in [0.4, 0.5) is 17.1 Å². The zero-order chi connectivity index (χ0) is 18.5. The van der Waals surface area contributed by atoms with Gasteiger partial charge in [0, 0.05) is 42.3 Å². The van der Waals surface area contributed by atoms with Gasteiger partial charge in [-0.15, -0.1) is 0 Å². The number of hydrogen-bond acceptors (Lipinski definition) is 4. The largest absolute Gasteiger partial charge is 0.497 e. The van der Waals surface area contributed by atoms with Crippen LogP contribution in [0.1, 0.15) is 23.5 Å². The van der Waals surface area contributed by atoms with Crippen LogP contribution in [0.25, 0.3) is 0 Å². The first kappa shape index (κ1) is 16.1. The molecule has 0 spiro atoms. The Balaban J connectivity index is 1.75. The molecule has 0 aromatic heterocycles. The van der Waals surface area contributed by atoms with Crippen molar-refractivity contribution in [3.63, 3.8) is 0 Å². The normalized spacial score (nSPS) is 20.2. The van der Waals surface area contributed by atoms with Crippen LogP contribution >= 0.6 is 0 Å². The van der Waals surface area contributed by atoms with Crippen LogP contribution in [0.5, 0.6) is 5.75 Å². The molecule has 0 saturated carbocycles. The molecule has 0 aliphatic carbocycles. The Hall–Kier alpha value is -3.14. The molecule has 0 amide bonds. The topological polar surface area (TPSA) is 19.0 Å². The van der Waals surface area contributed by atoms with Crippen LogP contribution in [-0.2, 0) is 0 Å². The molecular formula is C23H23N3O. The predicted octanol–water partition coefficient (Wildman–Crippen LogP) is 4.80. The molecule has 2 heterocycles. The number of ether oxygens (including phenoxy) is 1. The number of benzene rings is 3. The molecule has 4 heteroatoms. The Labute approximate surface area is 160 Å². The second-order valence-electron chi connectivity index (χ2n) is 7.19. The summed E-state index contributed by atoms with van der Waals surface area (Å²) >= 11 is 0. The van der Waals surface area contributed by atoms with Crippen LogP contribution in [0.2, 0.25) is 0 Å². The lowest BCUT2D eigenvalue weighted by atomic mass is 9.92. The summed E-state index contributed by atoms with van der Waals surface area (Å²) in [7, 11) is 6.09. The van der Waals surface area contributed by atoms with E-state index in [4.69, 9.17) is 4.74 Å². The van der Waals surface area contributed by atoms with Crippen molar-refractivity contribution in [2.24, 2.45) is 0 Å². The number of hydrogen-bond donors (Lipinski definition) is 0. The molecule has 0 saturated heterocycles. The summed E-state index contributed by atoms with van der Waals surface area (Å²) in [5.41, 5.74) is 6.42. The molecule has 4 nitrogen and oxygen atoms in total. The zero-order valence-corrected chi connectivity index (χ0v) is 15.8. The van der Waals surface area contributed by atoms with E-state index in [9.17, 15) is 0 Å². The van der Waals surface area contributed by atoms with Gasteiger partial charge in [0.05, 0.1) is 7.11 Å². The Bertz CT molecular complexity index is 927. The number of anilines is 3. The standard InChI is InChI=1S/C23H23N3O/c1-24-20-10-6-4-8-18(20)23-25(2)21-11-7-5-9-19(21)22(24)26(23)16-12-14-17(27-3)15-13-16/h4-15,22-23H,1-3H3. The monoisotopic (exact) mass is 357 g/mol. The molecule has 0 fully saturated rings. The molecule has 2 aliphatic rings. The fraction of sp³-hybridized carbons (Fsp3) is 0.217. The molecule has 27 heavy (non-hydrogen) atoms. The Kier molecular flexibility index (Phi) is 3.54. The molecule has 2 atom stereocenters. The van der Waals surface area contributed by atoms with Crippen molar-refractivity contribution in [1.29, 1.82) is 0 Å². The van der Waals surface area contributed by atoms with E-state index in [2.05, 4.69) is 89.5 Å². The van der Waals surface area contributed by atoms with E-state index in [0.717, 1.165) is 5.75 Å². The van der Waals surface area contributed by atoms with Gasteiger partial charge >= 0.3 is 0 Å². The van der Waals surface area contributed by atoms with Crippen molar-refractivity contribution in [2.45, 2.75) is 12.3 Å². The maximum atomic E-state index is 5.37. The number of rotatable bonds is 2. The molecule has 2 unspecified atom stereocenters. The highest BCUT2D eigenvalue weighted by atomic mass is 16.5. The SMILES string of the molecule is COc1ccc(N2C3c4ccccc4N(C)C2c2ccccc2N3C)cc1. The maximum Gasteiger partial charge on any atom is 0.132 e. The van der Waals surface area contributed by atoms with Crippen LogP contribution in [0.15, 0.2) is 72.8 Å². The van der Waals surface area contributed by atoms with Gasteiger partial charge < -0.3 is 19.4 Å². The van der Waals surface area contributed by atoms with Gasteiger partial charge in [0.25, 0.3) is 0 Å². The number of para-hydroxylation sites is 2. The van der Waals surface area contributed by atoms with E-state index in [0.29, 0.717) is 0 Å². The first-order chi connectivity index (χ1) is 13.2. The summed E-state index contributed by atoms with van der Waals surface area (Å²) in [5.74, 6) is 0.878. The minimum atomic E-state index is 0.144. The predicted molar refractivity (Wildman–Crippen MR) is 111 cm³/mol. The Morgan fingerprint density at radius 3 is 1.63 bits per heavy atom. The van der Waals surface area contributed by atoms with Gasteiger partial charge in [-0.25, -0.2) is 0 Å². The van der Waals surface area contributed by atoms with E-state index in [1.807, 2.05) is 12.1 Å². The van der Waals surface area contributed by atoms with E-state index in [1.165, 1.54) is 28.2 Å². The number of methoxy groups -OCH3 is 1. The van der Waals surface area contributed by atoms with Crippen molar-refractivity contribution in [2.75, 3.05) is 35.9 Å². The Morgan fingerprint density at radius 2 is 1.15 bits per heavy atom. The Morgan fingerprint density at radius 1 is 0.667 bits per heavy atom. The second kappa shape index (κ2) is 5.95. The van der Waals surface area contributed by atoms with E-state index in [1.54, 1.807) is 7.11 Å². The van der Waals surface area contributed by atoms with Gasteiger partial charge in [-0.1, -0.05) is 36.4 Å². The molecule has 3 aromatic carbocycles. The fourth-order valence-electron chi connectivity index (χ4n) is 4.58. The van der Waals surface area contributed by atoms with E-state index < -0.39 is 0 Å². The molecule has 2 bridgehead atoms. The summed E-state index contributed by atoms with van der Waals surface area (Å²) in [6.45, 7) is 0. The fourth-order valence-corrected chi connectivity index (χ4v) is 4.58. The molecule has 0 N–H and O–H groups in total. The molecular weight excluding hydrogens is 334 g/mol. The number of nitrogens with zero attached hydrogens (tertiary/aromatic N) is 3. The highest BCUT2D eigenvalue weighted by Crippen LogP contribution is 2.53. The first-order valence-electron chi connectivity index (χ1n) is 9.26. The third kappa shape index (κ3) is 2.23. The van der Waals surface area contributed by atoms with Crippen LogP contribution < -0.4 is 19.4 Å². The number of fused-ring (bicyclic) bond motifs is 6. The minimum Gasteiger partial charge on any atom is -0.497 e. The summed E-state index contributed by atoms with van der Waals surface area (Å²) in [6.07, 6.45) is 0.288. The van der Waals surface area contributed by atoms with Gasteiger partial charge in [0.15, 0.2) is 0 Å². The third-order valence-corrected chi connectivity index (χ3v) is 5.82. The van der Waals surface area contributed by atoms with Crippen molar-refractivity contribution in [3.8, 4) is 5.75 Å². The molecule has 2 aliphatic heterocycles. The maximum absolute atomic E-state index is 5.37. The minimum absolute atomic E-state index is 0.144. The second-order valence-corrected chi connectivity index (χ2v) is 7.19. The average molecular weight is 357 g/mol. The zero-order valence-electron chi connectivity index (χ0n) is 15.8. The van der Waals surface area contributed by atoms with Gasteiger partial charge in [-0.3, -0.25) is 0 Å². The quantitative estimate of drug-likeness (QED) is 0.656. The lowest BCUT2D eigenvalue weighted by Gasteiger charge is -2.56. The van der Waals surface area contributed by atoms with Gasteiger partial charge in [0.2, 0.25) is 0 Å². The summed E-state index contributed by atoms with van der Waals surface area (Å²) in [4.78, 5) is 7.29. The van der Waals surface area contributed by atoms with Crippen LogP contribution in [-0.4, -0.2) is 21.2 Å². The van der Waals surface area contributed by atoms with Crippen LogP contribution in [0.3, 0.4) is 0 Å². The molecule has 5 rings (SSSR count). The molecule has 0 radical (unpaired) electrons. The van der Waals surface area contributed by atoms with E-state index in [-0.39, 0.29) is 12.3 Å². The van der Waals surface area contributed by atoms with Gasteiger partial charge in [-0.05, 0) is 36.4 Å². The average Bonchev–Trinajstić information content (AvgIpc) is 2.73. The summed E-state index contributed by atoms with van der Waals surface area (Å²) in [5, 5.41) is 0. The first-order valence-corrected chi connectivity index (χ1v) is 9.26. The smallest absolute Gasteiger partial charge is 0.132 e. The highest BCUT2D eigenvalue weighted by Gasteiger charge is 2.45. The third-order valence-electron chi connectivity index (χ3n) is 5.82.